The summed E-state index contributed by atoms with van der Waals surface area (Å²) in [5, 5.41) is 10.6. The summed E-state index contributed by atoms with van der Waals surface area (Å²) in [6.45, 7) is 2.28. The fourth-order valence-electron chi connectivity index (χ4n) is 5.44. The van der Waals surface area contributed by atoms with E-state index in [0.29, 0.717) is 24.4 Å². The SMILES string of the molecule is Cn1cc(-c2cnc(N)c(C(=O)N[C@H]3CCC[C@@H]3OCc3cccc(CC(=O)C4CCNCC4)c3)c2)cn1. The maximum absolute atomic E-state index is 13.2. The van der Waals surface area contributed by atoms with E-state index < -0.39 is 0 Å². The highest BCUT2D eigenvalue weighted by molar-refractivity contribution is 5.99. The Morgan fingerprint density at radius 2 is 1.92 bits per heavy atom. The zero-order valence-electron chi connectivity index (χ0n) is 21.9. The number of nitrogen functional groups attached to an aromatic ring is 1. The zero-order valence-corrected chi connectivity index (χ0v) is 21.9. The van der Waals surface area contributed by atoms with Crippen LogP contribution in [0.5, 0.6) is 0 Å². The van der Waals surface area contributed by atoms with Gasteiger partial charge in [0.2, 0.25) is 0 Å². The van der Waals surface area contributed by atoms with Gasteiger partial charge in [0.05, 0.1) is 30.5 Å². The predicted molar refractivity (Wildman–Crippen MR) is 145 cm³/mol. The Morgan fingerprint density at radius 1 is 1.11 bits per heavy atom. The van der Waals surface area contributed by atoms with E-state index >= 15 is 0 Å². The van der Waals surface area contributed by atoms with Gasteiger partial charge in [0.25, 0.3) is 5.91 Å². The monoisotopic (exact) mass is 516 g/mol. The fraction of sp³-hybridized carbons (Fsp3) is 0.448. The maximum Gasteiger partial charge on any atom is 0.255 e. The third-order valence-corrected chi connectivity index (χ3v) is 7.60. The molecule has 3 heterocycles. The molecule has 1 amide bonds. The van der Waals surface area contributed by atoms with E-state index in [9.17, 15) is 9.59 Å². The maximum atomic E-state index is 13.2. The summed E-state index contributed by atoms with van der Waals surface area (Å²) in [7, 11) is 1.84. The summed E-state index contributed by atoms with van der Waals surface area (Å²) in [4.78, 5) is 30.1. The van der Waals surface area contributed by atoms with Gasteiger partial charge in [0.15, 0.2) is 0 Å². The van der Waals surface area contributed by atoms with Crippen molar-refractivity contribution < 1.29 is 14.3 Å². The quantitative estimate of drug-likeness (QED) is 0.399. The third-order valence-electron chi connectivity index (χ3n) is 7.60. The van der Waals surface area contributed by atoms with Crippen LogP contribution in [0.25, 0.3) is 11.1 Å². The van der Waals surface area contributed by atoms with Gasteiger partial charge in [-0.25, -0.2) is 4.98 Å². The first-order valence-corrected chi connectivity index (χ1v) is 13.4. The number of nitrogens with one attached hydrogen (secondary N) is 2. The Labute approximate surface area is 223 Å². The van der Waals surface area contributed by atoms with Crippen molar-refractivity contribution in [2.45, 2.75) is 57.3 Å². The second kappa shape index (κ2) is 11.9. The number of benzene rings is 1. The van der Waals surface area contributed by atoms with Gasteiger partial charge < -0.3 is 21.1 Å². The van der Waals surface area contributed by atoms with Crippen LogP contribution in [0.15, 0.2) is 48.9 Å². The van der Waals surface area contributed by atoms with E-state index in [0.717, 1.165) is 67.4 Å². The number of rotatable bonds is 9. The standard InChI is InChI=1S/C29H36N6O3/c1-35-17-23(16-33-35)22-14-24(28(30)32-15-22)29(37)34-25-6-3-7-27(25)38-18-20-5-2-4-19(12-20)13-26(36)21-8-10-31-11-9-21/h2,4-5,12,14-17,21,25,27,31H,3,6-11,13,18H2,1H3,(H2,30,32)(H,34,37)/t25-,27-/m0/s1. The van der Waals surface area contributed by atoms with E-state index in [-0.39, 0.29) is 29.8 Å². The Kier molecular flexibility index (Phi) is 8.14. The van der Waals surface area contributed by atoms with Crippen molar-refractivity contribution in [2.75, 3.05) is 18.8 Å². The van der Waals surface area contributed by atoms with Gasteiger partial charge in [-0.2, -0.15) is 5.10 Å². The number of carbonyl (C=O) groups excluding carboxylic acids is 2. The minimum Gasteiger partial charge on any atom is -0.383 e. The van der Waals surface area contributed by atoms with Crippen molar-refractivity contribution in [3.63, 3.8) is 0 Å². The Balaban J connectivity index is 1.18. The zero-order chi connectivity index (χ0) is 26.5. The molecule has 9 heteroatoms. The van der Waals surface area contributed by atoms with Gasteiger partial charge in [-0.15, -0.1) is 0 Å². The number of ether oxygens (including phenoxy) is 1. The number of aryl methyl sites for hydroxylation is 1. The number of Topliss-reactive ketones (excluding diaryl/α,β-unsaturated/α-hetero) is 1. The first kappa shape index (κ1) is 26.1. The minimum absolute atomic E-state index is 0.0883. The summed E-state index contributed by atoms with van der Waals surface area (Å²) in [5.74, 6) is 0.430. The highest BCUT2D eigenvalue weighted by Crippen LogP contribution is 2.26. The molecule has 2 atom stereocenters. The lowest BCUT2D eigenvalue weighted by molar-refractivity contribution is -0.122. The van der Waals surface area contributed by atoms with Crippen molar-refractivity contribution in [1.29, 1.82) is 0 Å². The Morgan fingerprint density at radius 3 is 2.71 bits per heavy atom. The fourth-order valence-corrected chi connectivity index (χ4v) is 5.44. The van der Waals surface area contributed by atoms with Crippen LogP contribution in [0, 0.1) is 5.92 Å². The van der Waals surface area contributed by atoms with Gasteiger partial charge in [-0.3, -0.25) is 14.3 Å². The van der Waals surface area contributed by atoms with Crippen LogP contribution in [0.2, 0.25) is 0 Å². The van der Waals surface area contributed by atoms with Crippen molar-refractivity contribution in [3.05, 3.63) is 65.6 Å². The number of hydrogen-bond donors (Lipinski definition) is 3. The molecular weight excluding hydrogens is 480 g/mol. The molecule has 1 saturated carbocycles. The molecule has 9 nitrogen and oxygen atoms in total. The number of ketones is 1. The molecule has 3 aromatic rings. The number of anilines is 1. The van der Waals surface area contributed by atoms with Crippen molar-refractivity contribution >= 4 is 17.5 Å². The van der Waals surface area contributed by atoms with E-state index in [2.05, 4.69) is 26.8 Å². The third kappa shape index (κ3) is 6.28. The molecule has 200 valence electrons. The molecule has 1 saturated heterocycles. The van der Waals surface area contributed by atoms with Gasteiger partial charge >= 0.3 is 0 Å². The number of pyridine rings is 1. The van der Waals surface area contributed by atoms with Crippen LogP contribution in [0.4, 0.5) is 5.82 Å². The molecule has 38 heavy (non-hydrogen) atoms. The number of nitrogens with zero attached hydrogens (tertiary/aromatic N) is 3. The normalized spacial score (nSPS) is 19.9. The topological polar surface area (TPSA) is 124 Å². The smallest absolute Gasteiger partial charge is 0.255 e. The summed E-state index contributed by atoms with van der Waals surface area (Å²) < 4.78 is 7.98. The predicted octanol–water partition coefficient (Wildman–Crippen LogP) is 3.04. The first-order chi connectivity index (χ1) is 18.5. The molecule has 1 aliphatic heterocycles. The van der Waals surface area contributed by atoms with Gasteiger partial charge in [-0.1, -0.05) is 24.3 Å². The van der Waals surface area contributed by atoms with Crippen molar-refractivity contribution in [2.24, 2.45) is 13.0 Å². The molecule has 1 aliphatic carbocycles. The van der Waals surface area contributed by atoms with E-state index in [1.54, 1.807) is 23.1 Å². The number of aromatic nitrogens is 3. The highest BCUT2D eigenvalue weighted by Gasteiger charge is 2.30. The van der Waals surface area contributed by atoms with Crippen LogP contribution in [-0.2, 0) is 29.6 Å². The summed E-state index contributed by atoms with van der Waals surface area (Å²) in [6, 6.07) is 9.75. The second-order valence-electron chi connectivity index (χ2n) is 10.4. The Hall–Kier alpha value is -3.56. The molecule has 5 rings (SSSR count). The van der Waals surface area contributed by atoms with Crippen LogP contribution in [0.1, 0.15) is 53.6 Å². The molecule has 1 aromatic carbocycles. The Bertz CT molecular complexity index is 1280. The average molecular weight is 517 g/mol. The van der Waals surface area contributed by atoms with Gasteiger partial charge in [0.1, 0.15) is 11.6 Å². The molecule has 2 fully saturated rings. The number of nitrogens with two attached hydrogens (primary N) is 1. The van der Waals surface area contributed by atoms with Gasteiger partial charge in [-0.05, 0) is 62.4 Å². The van der Waals surface area contributed by atoms with Crippen LogP contribution >= 0.6 is 0 Å². The van der Waals surface area contributed by atoms with Crippen LogP contribution < -0.4 is 16.4 Å². The molecule has 4 N–H and O–H groups in total. The largest absolute Gasteiger partial charge is 0.383 e. The molecule has 0 radical (unpaired) electrons. The van der Waals surface area contributed by atoms with Crippen molar-refractivity contribution in [1.82, 2.24) is 25.4 Å². The van der Waals surface area contributed by atoms with Crippen molar-refractivity contribution in [3.8, 4) is 11.1 Å². The summed E-state index contributed by atoms with van der Waals surface area (Å²) in [6.07, 6.45) is 10.2. The lowest BCUT2D eigenvalue weighted by atomic mass is 9.90. The minimum atomic E-state index is -0.250. The van der Waals surface area contributed by atoms with E-state index in [1.807, 2.05) is 31.4 Å². The lowest BCUT2D eigenvalue weighted by Crippen LogP contribution is -2.41. The van der Waals surface area contributed by atoms with E-state index in [4.69, 9.17) is 10.5 Å². The molecule has 0 spiro atoms. The average Bonchev–Trinajstić information content (AvgIpc) is 3.57. The number of piperidine rings is 1. The number of hydrogen-bond acceptors (Lipinski definition) is 7. The van der Waals surface area contributed by atoms with Gasteiger partial charge in [0, 0.05) is 42.9 Å². The number of amides is 1. The molecule has 0 unspecified atom stereocenters. The number of carbonyl (C=O) groups is 2. The molecule has 2 aromatic heterocycles. The van der Waals surface area contributed by atoms with Crippen LogP contribution in [0.3, 0.4) is 0 Å². The first-order valence-electron chi connectivity index (χ1n) is 13.4. The highest BCUT2D eigenvalue weighted by atomic mass is 16.5. The summed E-state index contributed by atoms with van der Waals surface area (Å²) in [5.41, 5.74) is 10.1. The summed E-state index contributed by atoms with van der Waals surface area (Å²) >= 11 is 0. The molecular formula is C29H36N6O3. The lowest BCUT2D eigenvalue weighted by Gasteiger charge is -2.22. The van der Waals surface area contributed by atoms with E-state index in [1.165, 1.54) is 0 Å². The van der Waals surface area contributed by atoms with Crippen LogP contribution in [-0.4, -0.2) is 51.7 Å². The molecule has 2 aliphatic rings. The molecule has 0 bridgehead atoms. The second-order valence-corrected chi connectivity index (χ2v) is 10.4.